The number of nitrogens with one attached hydrogen (secondary N) is 1. The van der Waals surface area contributed by atoms with Gasteiger partial charge in [-0.3, -0.25) is 9.79 Å². The van der Waals surface area contributed by atoms with Crippen LogP contribution in [0.15, 0.2) is 107 Å². The quantitative estimate of drug-likeness (QED) is 0.332. The van der Waals surface area contributed by atoms with Crippen LogP contribution in [0.2, 0.25) is 0 Å². The summed E-state index contributed by atoms with van der Waals surface area (Å²) in [6.45, 7) is 19.5. The molecule has 0 saturated carbocycles. The lowest BCUT2D eigenvalue weighted by atomic mass is 9.91. The number of benzene rings is 1. The summed E-state index contributed by atoms with van der Waals surface area (Å²) in [5.41, 5.74) is 5.91. The minimum absolute atomic E-state index is 0.244. The molecule has 2 aliphatic rings. The molecular formula is C28H33N5O. The Hall–Kier alpha value is -3.77. The van der Waals surface area contributed by atoms with Crippen LogP contribution in [0, 0.1) is 0 Å². The monoisotopic (exact) mass is 455 g/mol. The first kappa shape index (κ1) is 24.9. The number of anilines is 1. The molecule has 0 bridgehead atoms. The maximum atomic E-state index is 11.7. The Kier molecular flexibility index (Phi) is 8.71. The van der Waals surface area contributed by atoms with Crippen LogP contribution in [-0.2, 0) is 4.79 Å². The molecule has 176 valence electrons. The normalized spacial score (nSPS) is 17.4. The second-order valence-electron chi connectivity index (χ2n) is 8.28. The Balaban J connectivity index is 1.89. The molecule has 34 heavy (non-hydrogen) atoms. The van der Waals surface area contributed by atoms with Gasteiger partial charge in [0.05, 0.1) is 11.4 Å². The molecule has 6 nitrogen and oxygen atoms in total. The fourth-order valence-corrected chi connectivity index (χ4v) is 3.92. The molecule has 3 rings (SSSR count). The molecule has 1 aliphatic carbocycles. The van der Waals surface area contributed by atoms with Crippen molar-refractivity contribution in [2.45, 2.75) is 12.8 Å². The highest BCUT2D eigenvalue weighted by atomic mass is 16.1. The number of piperazine rings is 1. The first-order valence-corrected chi connectivity index (χ1v) is 11.4. The van der Waals surface area contributed by atoms with Crippen molar-refractivity contribution in [3.05, 3.63) is 96.9 Å². The van der Waals surface area contributed by atoms with Gasteiger partial charge in [-0.15, -0.1) is 0 Å². The number of amides is 1. The fourth-order valence-electron chi connectivity index (χ4n) is 3.92. The summed E-state index contributed by atoms with van der Waals surface area (Å²) >= 11 is 0. The Bertz CT molecular complexity index is 1080. The third-order valence-electron chi connectivity index (χ3n) is 5.92. The van der Waals surface area contributed by atoms with Gasteiger partial charge >= 0.3 is 0 Å². The number of carbonyl (C=O) groups excluding carboxylic acids is 1. The van der Waals surface area contributed by atoms with Crippen LogP contribution in [0.25, 0.3) is 0 Å². The molecule has 0 atom stereocenters. The van der Waals surface area contributed by atoms with Crippen molar-refractivity contribution in [1.29, 1.82) is 0 Å². The van der Waals surface area contributed by atoms with Gasteiger partial charge in [0, 0.05) is 49.3 Å². The Labute approximate surface area is 202 Å². The van der Waals surface area contributed by atoms with E-state index in [1.54, 1.807) is 12.3 Å². The van der Waals surface area contributed by atoms with Crippen LogP contribution in [0.3, 0.4) is 0 Å². The second kappa shape index (κ2) is 11.9. The van der Waals surface area contributed by atoms with Gasteiger partial charge in [0.2, 0.25) is 5.91 Å². The van der Waals surface area contributed by atoms with Gasteiger partial charge in [0.1, 0.15) is 0 Å². The molecule has 1 fully saturated rings. The first-order chi connectivity index (χ1) is 16.4. The molecule has 1 heterocycles. The number of hydrogen-bond donors (Lipinski definition) is 1. The van der Waals surface area contributed by atoms with Gasteiger partial charge in [0.15, 0.2) is 0 Å². The summed E-state index contributed by atoms with van der Waals surface area (Å²) in [5.74, 6) is -0.244. The largest absolute Gasteiger partial charge is 0.369 e. The molecule has 0 unspecified atom stereocenters. The van der Waals surface area contributed by atoms with E-state index < -0.39 is 0 Å². The summed E-state index contributed by atoms with van der Waals surface area (Å²) in [6, 6.07) is 8.26. The number of hydrogen-bond acceptors (Lipinski definition) is 5. The molecule has 1 N–H and O–H groups in total. The first-order valence-electron chi connectivity index (χ1n) is 11.4. The molecule has 0 radical (unpaired) electrons. The van der Waals surface area contributed by atoms with Crippen LogP contribution in [-0.4, -0.2) is 56.5 Å². The summed E-state index contributed by atoms with van der Waals surface area (Å²) in [6.07, 6.45) is 10.1. The smallest absolute Gasteiger partial charge is 0.247 e. The van der Waals surface area contributed by atoms with Gasteiger partial charge in [-0.1, -0.05) is 31.9 Å². The number of likely N-dealkylation sites (N-methyl/N-ethyl adjacent to an activating group) is 1. The highest BCUT2D eigenvalue weighted by Crippen LogP contribution is 2.28. The number of aliphatic imine (C=N–C) groups is 2. The van der Waals surface area contributed by atoms with E-state index >= 15 is 0 Å². The molecule has 1 amide bonds. The minimum atomic E-state index is -0.244. The van der Waals surface area contributed by atoms with Crippen LogP contribution >= 0.6 is 0 Å². The van der Waals surface area contributed by atoms with E-state index in [0.717, 1.165) is 67.1 Å². The molecule has 0 spiro atoms. The van der Waals surface area contributed by atoms with Crippen molar-refractivity contribution in [3.8, 4) is 0 Å². The number of carbonyl (C=O) groups is 1. The van der Waals surface area contributed by atoms with Crippen molar-refractivity contribution in [1.82, 2.24) is 10.2 Å². The van der Waals surface area contributed by atoms with Crippen LogP contribution in [0.5, 0.6) is 0 Å². The van der Waals surface area contributed by atoms with Gasteiger partial charge in [-0.05, 0) is 74.2 Å². The third-order valence-corrected chi connectivity index (χ3v) is 5.92. The molecule has 1 aliphatic heterocycles. The van der Waals surface area contributed by atoms with Crippen LogP contribution < -0.4 is 10.2 Å². The van der Waals surface area contributed by atoms with Gasteiger partial charge in [-0.25, -0.2) is 4.99 Å². The number of nitrogens with zero attached hydrogens (tertiary/aromatic N) is 4. The SMILES string of the molecule is C=CC(=O)NC1=CCCC(C(=C)C(=Nc2ccc(N3CCN(C)CC3)cc2)/C(C=C)=C\N=C)=C1. The molecule has 1 aromatic carbocycles. The van der Waals surface area contributed by atoms with E-state index in [1.165, 1.54) is 11.8 Å². The predicted molar refractivity (Wildman–Crippen MR) is 144 cm³/mol. The molecular weight excluding hydrogens is 422 g/mol. The van der Waals surface area contributed by atoms with Gasteiger partial charge < -0.3 is 15.1 Å². The Morgan fingerprint density at radius 2 is 1.79 bits per heavy atom. The van der Waals surface area contributed by atoms with Gasteiger partial charge in [0.25, 0.3) is 0 Å². The maximum absolute atomic E-state index is 11.7. The third kappa shape index (κ3) is 6.39. The predicted octanol–water partition coefficient (Wildman–Crippen LogP) is 4.74. The van der Waals surface area contributed by atoms with Crippen molar-refractivity contribution in [2.75, 3.05) is 38.1 Å². The minimum Gasteiger partial charge on any atom is -0.369 e. The lowest BCUT2D eigenvalue weighted by Crippen LogP contribution is -2.44. The molecule has 6 heteroatoms. The molecule has 1 aromatic rings. The molecule has 1 saturated heterocycles. The van der Waals surface area contributed by atoms with Crippen molar-refractivity contribution in [3.63, 3.8) is 0 Å². The zero-order valence-electron chi connectivity index (χ0n) is 20.0. The van der Waals surface area contributed by atoms with E-state index in [0.29, 0.717) is 5.71 Å². The van der Waals surface area contributed by atoms with Crippen molar-refractivity contribution >= 4 is 29.7 Å². The Morgan fingerprint density at radius 1 is 1.09 bits per heavy atom. The van der Waals surface area contributed by atoms with E-state index in [1.807, 2.05) is 24.3 Å². The fraction of sp³-hybridized carbons (Fsp3) is 0.250. The number of rotatable bonds is 9. The van der Waals surface area contributed by atoms with Crippen molar-refractivity contribution in [2.24, 2.45) is 9.98 Å². The topological polar surface area (TPSA) is 60.3 Å². The van der Waals surface area contributed by atoms with E-state index in [2.05, 4.69) is 65.7 Å². The Morgan fingerprint density at radius 3 is 2.41 bits per heavy atom. The standard InChI is InChI=1S/C28H33N5O/c1-6-22(20-29-4)28(21(3)23-9-8-10-25(19-23)30-27(34)7-2)31-24-11-13-26(14-12-24)33-17-15-32(5)16-18-33/h6-7,10-14,19-20H,1-4,8-9,15-18H2,5H3,(H,30,34)/b22-20-,31-28?. The average molecular weight is 456 g/mol. The lowest BCUT2D eigenvalue weighted by molar-refractivity contribution is -0.115. The zero-order chi connectivity index (χ0) is 24.5. The number of allylic oxidation sites excluding steroid dienone is 6. The summed E-state index contributed by atoms with van der Waals surface area (Å²) < 4.78 is 0. The lowest BCUT2D eigenvalue weighted by Gasteiger charge is -2.34. The molecule has 0 aromatic heterocycles. The van der Waals surface area contributed by atoms with E-state index in [9.17, 15) is 4.79 Å². The highest BCUT2D eigenvalue weighted by molar-refractivity contribution is 6.17. The highest BCUT2D eigenvalue weighted by Gasteiger charge is 2.17. The summed E-state index contributed by atoms with van der Waals surface area (Å²) in [5, 5.41) is 2.83. The van der Waals surface area contributed by atoms with E-state index in [-0.39, 0.29) is 5.91 Å². The van der Waals surface area contributed by atoms with Gasteiger partial charge in [-0.2, -0.15) is 0 Å². The summed E-state index contributed by atoms with van der Waals surface area (Å²) in [4.78, 5) is 25.3. The van der Waals surface area contributed by atoms with Crippen LogP contribution in [0.1, 0.15) is 12.8 Å². The van der Waals surface area contributed by atoms with Crippen LogP contribution in [0.4, 0.5) is 11.4 Å². The average Bonchev–Trinajstić information content (AvgIpc) is 2.86. The van der Waals surface area contributed by atoms with Crippen molar-refractivity contribution < 1.29 is 4.79 Å². The zero-order valence-corrected chi connectivity index (χ0v) is 20.0. The maximum Gasteiger partial charge on any atom is 0.247 e. The second-order valence-corrected chi connectivity index (χ2v) is 8.28. The van der Waals surface area contributed by atoms with E-state index in [4.69, 9.17) is 4.99 Å². The summed E-state index contributed by atoms with van der Waals surface area (Å²) in [7, 11) is 2.15.